The predicted molar refractivity (Wildman–Crippen MR) is 80.1 cm³/mol. The lowest BCUT2D eigenvalue weighted by molar-refractivity contribution is 0.143. The molecule has 0 amide bonds. The van der Waals surface area contributed by atoms with Crippen LogP contribution in [0.15, 0.2) is 30.9 Å². The quantitative estimate of drug-likeness (QED) is 0.879. The molecule has 0 atom stereocenters. The summed E-state index contributed by atoms with van der Waals surface area (Å²) in [4.78, 5) is 8.39. The third kappa shape index (κ3) is 3.36. The third-order valence-electron chi connectivity index (χ3n) is 3.41. The standard InChI is InChI=1S/C15H22N4O/c1-15(2,6-8-20-3)10-19-11-17-9-13(19)12-5-4-7-18-14(12)16/h4-5,7,9,11H,6,8,10H2,1-3H3,(H2,16,18). The van der Waals surface area contributed by atoms with Gasteiger partial charge >= 0.3 is 0 Å². The van der Waals surface area contributed by atoms with E-state index in [4.69, 9.17) is 10.5 Å². The zero-order valence-electron chi connectivity index (χ0n) is 12.3. The van der Waals surface area contributed by atoms with Gasteiger partial charge in [-0.05, 0) is 24.0 Å². The van der Waals surface area contributed by atoms with Crippen molar-refractivity contribution in [3.8, 4) is 11.3 Å². The van der Waals surface area contributed by atoms with Crippen LogP contribution in [0.3, 0.4) is 0 Å². The summed E-state index contributed by atoms with van der Waals surface area (Å²) in [7, 11) is 1.73. The van der Waals surface area contributed by atoms with E-state index < -0.39 is 0 Å². The van der Waals surface area contributed by atoms with Gasteiger partial charge in [-0.15, -0.1) is 0 Å². The molecule has 0 saturated heterocycles. The minimum absolute atomic E-state index is 0.127. The number of rotatable bonds is 6. The first-order valence-electron chi connectivity index (χ1n) is 6.73. The van der Waals surface area contributed by atoms with E-state index in [2.05, 4.69) is 28.4 Å². The molecule has 0 fully saturated rings. The van der Waals surface area contributed by atoms with Crippen LogP contribution in [0.25, 0.3) is 11.3 Å². The Labute approximate surface area is 119 Å². The molecular weight excluding hydrogens is 252 g/mol. The number of nitrogen functional groups attached to an aromatic ring is 1. The van der Waals surface area contributed by atoms with Gasteiger partial charge in [0.25, 0.3) is 0 Å². The van der Waals surface area contributed by atoms with Crippen molar-refractivity contribution in [2.75, 3.05) is 19.5 Å². The Balaban J connectivity index is 2.23. The summed E-state index contributed by atoms with van der Waals surface area (Å²) in [6.45, 7) is 6.07. The van der Waals surface area contributed by atoms with Gasteiger partial charge in [0.1, 0.15) is 5.82 Å². The van der Waals surface area contributed by atoms with E-state index in [0.29, 0.717) is 5.82 Å². The predicted octanol–water partition coefficient (Wildman–Crippen LogP) is 2.59. The topological polar surface area (TPSA) is 66.0 Å². The van der Waals surface area contributed by atoms with Gasteiger partial charge in [0, 0.05) is 32.0 Å². The molecule has 0 saturated carbocycles. The van der Waals surface area contributed by atoms with E-state index >= 15 is 0 Å². The molecule has 2 N–H and O–H groups in total. The Morgan fingerprint density at radius 2 is 2.20 bits per heavy atom. The van der Waals surface area contributed by atoms with Crippen molar-refractivity contribution in [2.45, 2.75) is 26.8 Å². The van der Waals surface area contributed by atoms with Gasteiger partial charge < -0.3 is 15.0 Å². The summed E-state index contributed by atoms with van der Waals surface area (Å²) in [5.74, 6) is 0.531. The van der Waals surface area contributed by atoms with Gasteiger partial charge in [-0.3, -0.25) is 0 Å². The molecule has 5 heteroatoms. The molecule has 0 radical (unpaired) electrons. The number of aromatic nitrogens is 3. The Morgan fingerprint density at radius 3 is 2.90 bits per heavy atom. The second kappa shape index (κ2) is 6.05. The van der Waals surface area contributed by atoms with Gasteiger partial charge in [-0.25, -0.2) is 9.97 Å². The first-order chi connectivity index (χ1) is 9.53. The number of imidazole rings is 1. The van der Waals surface area contributed by atoms with Crippen LogP contribution < -0.4 is 5.73 Å². The second-order valence-corrected chi connectivity index (χ2v) is 5.75. The number of nitrogens with two attached hydrogens (primary N) is 1. The lowest BCUT2D eigenvalue weighted by Gasteiger charge is -2.25. The molecule has 0 aliphatic heterocycles. The zero-order chi connectivity index (χ0) is 14.6. The van der Waals surface area contributed by atoms with Crippen LogP contribution in [0.2, 0.25) is 0 Å². The van der Waals surface area contributed by atoms with Crippen molar-refractivity contribution in [3.05, 3.63) is 30.9 Å². The fourth-order valence-electron chi connectivity index (χ4n) is 2.22. The van der Waals surface area contributed by atoms with E-state index in [1.165, 1.54) is 0 Å². The molecule has 0 aromatic carbocycles. The summed E-state index contributed by atoms with van der Waals surface area (Å²) in [6, 6.07) is 3.86. The summed E-state index contributed by atoms with van der Waals surface area (Å²) < 4.78 is 7.30. The summed E-state index contributed by atoms with van der Waals surface area (Å²) in [5.41, 5.74) is 8.00. The number of pyridine rings is 1. The van der Waals surface area contributed by atoms with Crippen molar-refractivity contribution in [1.29, 1.82) is 0 Å². The van der Waals surface area contributed by atoms with Crippen LogP contribution in [0.5, 0.6) is 0 Å². The highest BCUT2D eigenvalue weighted by atomic mass is 16.5. The maximum absolute atomic E-state index is 5.95. The lowest BCUT2D eigenvalue weighted by atomic mass is 9.89. The SMILES string of the molecule is COCCC(C)(C)Cn1cncc1-c1cccnc1N. The average molecular weight is 274 g/mol. The molecule has 2 rings (SSSR count). The molecule has 0 aliphatic rings. The lowest BCUT2D eigenvalue weighted by Crippen LogP contribution is -2.21. The van der Waals surface area contributed by atoms with E-state index in [9.17, 15) is 0 Å². The molecule has 2 aromatic rings. The Bertz CT molecular complexity index is 563. The molecule has 5 nitrogen and oxygen atoms in total. The van der Waals surface area contributed by atoms with Gasteiger partial charge in [0.05, 0.1) is 18.2 Å². The number of anilines is 1. The number of hydrogen-bond acceptors (Lipinski definition) is 4. The van der Waals surface area contributed by atoms with Gasteiger partial charge in [-0.2, -0.15) is 0 Å². The monoisotopic (exact) mass is 274 g/mol. The average Bonchev–Trinajstić information content (AvgIpc) is 2.84. The highest BCUT2D eigenvalue weighted by Gasteiger charge is 2.20. The second-order valence-electron chi connectivity index (χ2n) is 5.75. The van der Waals surface area contributed by atoms with E-state index in [0.717, 1.165) is 30.8 Å². The van der Waals surface area contributed by atoms with Crippen molar-refractivity contribution in [3.63, 3.8) is 0 Å². The van der Waals surface area contributed by atoms with Crippen LogP contribution >= 0.6 is 0 Å². The summed E-state index contributed by atoms with van der Waals surface area (Å²) in [5, 5.41) is 0. The van der Waals surface area contributed by atoms with Crippen molar-refractivity contribution < 1.29 is 4.74 Å². The van der Waals surface area contributed by atoms with Crippen LogP contribution in [-0.2, 0) is 11.3 Å². The maximum atomic E-state index is 5.95. The summed E-state index contributed by atoms with van der Waals surface area (Å²) in [6.07, 6.45) is 6.36. The number of ether oxygens (including phenoxy) is 1. The van der Waals surface area contributed by atoms with Crippen LogP contribution in [0.4, 0.5) is 5.82 Å². The number of hydrogen-bond donors (Lipinski definition) is 1. The maximum Gasteiger partial charge on any atom is 0.132 e. The van der Waals surface area contributed by atoms with Crippen molar-refractivity contribution >= 4 is 5.82 Å². The molecule has 2 heterocycles. The van der Waals surface area contributed by atoms with Crippen LogP contribution in [-0.4, -0.2) is 28.3 Å². The van der Waals surface area contributed by atoms with Gasteiger partial charge in [0.15, 0.2) is 0 Å². The molecule has 2 aromatic heterocycles. The molecule has 20 heavy (non-hydrogen) atoms. The van der Waals surface area contributed by atoms with Crippen LogP contribution in [0, 0.1) is 5.41 Å². The zero-order valence-corrected chi connectivity index (χ0v) is 12.3. The Hall–Kier alpha value is -1.88. The molecule has 0 spiro atoms. The van der Waals surface area contributed by atoms with Crippen LogP contribution in [0.1, 0.15) is 20.3 Å². The van der Waals surface area contributed by atoms with Crippen molar-refractivity contribution in [1.82, 2.24) is 14.5 Å². The Kier molecular flexibility index (Phi) is 4.39. The molecule has 0 unspecified atom stereocenters. The molecule has 108 valence electrons. The minimum atomic E-state index is 0.127. The fourth-order valence-corrected chi connectivity index (χ4v) is 2.22. The van der Waals surface area contributed by atoms with Gasteiger partial charge in [-0.1, -0.05) is 13.8 Å². The first-order valence-corrected chi connectivity index (χ1v) is 6.73. The Morgan fingerprint density at radius 1 is 1.40 bits per heavy atom. The smallest absolute Gasteiger partial charge is 0.132 e. The van der Waals surface area contributed by atoms with E-state index in [1.54, 1.807) is 13.3 Å². The third-order valence-corrected chi connectivity index (χ3v) is 3.41. The number of methoxy groups -OCH3 is 1. The van der Waals surface area contributed by atoms with Crippen molar-refractivity contribution in [2.24, 2.45) is 5.41 Å². The first kappa shape index (κ1) is 14.5. The summed E-state index contributed by atoms with van der Waals surface area (Å²) >= 11 is 0. The molecule has 0 bridgehead atoms. The number of nitrogens with zero attached hydrogens (tertiary/aromatic N) is 3. The van der Waals surface area contributed by atoms with E-state index in [-0.39, 0.29) is 5.41 Å². The molecular formula is C15H22N4O. The minimum Gasteiger partial charge on any atom is -0.385 e. The van der Waals surface area contributed by atoms with E-state index in [1.807, 2.05) is 24.7 Å². The fraction of sp³-hybridized carbons (Fsp3) is 0.467. The highest BCUT2D eigenvalue weighted by Crippen LogP contribution is 2.28. The normalized spacial score (nSPS) is 11.8. The largest absolute Gasteiger partial charge is 0.385 e. The highest BCUT2D eigenvalue weighted by molar-refractivity contribution is 5.70. The molecule has 0 aliphatic carbocycles. The van der Waals surface area contributed by atoms with Gasteiger partial charge in [0.2, 0.25) is 0 Å².